The van der Waals surface area contributed by atoms with Crippen LogP contribution in [0.4, 0.5) is 0 Å². The Labute approximate surface area is 197 Å². The van der Waals surface area contributed by atoms with Gasteiger partial charge in [-0.2, -0.15) is 0 Å². The number of hydrogen-bond acceptors (Lipinski definition) is 8. The molecule has 10 nitrogen and oxygen atoms in total. The Kier molecular flexibility index (Phi) is 7.04. The molecule has 1 spiro atoms. The Morgan fingerprint density at radius 2 is 2.00 bits per heavy atom. The van der Waals surface area contributed by atoms with Crippen molar-refractivity contribution in [1.82, 2.24) is 14.5 Å². The number of nitrogens with one attached hydrogen (secondary N) is 1. The summed E-state index contributed by atoms with van der Waals surface area (Å²) in [5.74, 6) is -0.490. The lowest BCUT2D eigenvalue weighted by Gasteiger charge is -2.46. The number of carbonyl (C=O) groups excluding carboxylic acids is 1. The van der Waals surface area contributed by atoms with Crippen LogP contribution in [0, 0.1) is 6.92 Å². The molecule has 2 saturated heterocycles. The highest BCUT2D eigenvalue weighted by molar-refractivity contribution is 5.66. The van der Waals surface area contributed by atoms with Crippen LogP contribution in [-0.2, 0) is 30.3 Å². The highest BCUT2D eigenvalue weighted by Crippen LogP contribution is 2.46. The maximum Gasteiger partial charge on any atom is 0.330 e. The number of esters is 1. The zero-order chi connectivity index (χ0) is 24.5. The number of aromatic nitrogens is 2. The first kappa shape index (κ1) is 24.3. The molecule has 1 unspecified atom stereocenters. The Morgan fingerprint density at radius 1 is 1.26 bits per heavy atom. The third kappa shape index (κ3) is 4.58. The van der Waals surface area contributed by atoms with E-state index in [9.17, 15) is 14.4 Å². The van der Waals surface area contributed by atoms with E-state index in [4.69, 9.17) is 18.9 Å². The molecule has 0 amide bonds. The summed E-state index contributed by atoms with van der Waals surface area (Å²) in [6, 6.07) is 9.78. The van der Waals surface area contributed by atoms with E-state index < -0.39 is 47.4 Å². The van der Waals surface area contributed by atoms with E-state index in [0.29, 0.717) is 25.1 Å². The summed E-state index contributed by atoms with van der Waals surface area (Å²) >= 11 is 0. The zero-order valence-electron chi connectivity index (χ0n) is 19.9. The summed E-state index contributed by atoms with van der Waals surface area (Å²) in [4.78, 5) is 41.2. The lowest BCUT2D eigenvalue weighted by molar-refractivity contribution is -0.215. The number of methoxy groups -OCH3 is 1. The summed E-state index contributed by atoms with van der Waals surface area (Å²) in [5, 5.41) is 0. The first-order chi connectivity index (χ1) is 16.2. The van der Waals surface area contributed by atoms with Crippen LogP contribution in [0.1, 0.15) is 30.7 Å². The zero-order valence-corrected chi connectivity index (χ0v) is 19.9. The summed E-state index contributed by atoms with van der Waals surface area (Å²) in [6.07, 6.45) is -0.955. The van der Waals surface area contributed by atoms with Crippen molar-refractivity contribution in [1.29, 1.82) is 0 Å². The van der Waals surface area contributed by atoms with Crippen LogP contribution in [-0.4, -0.2) is 71.6 Å². The van der Waals surface area contributed by atoms with Crippen molar-refractivity contribution < 1.29 is 23.7 Å². The molecule has 10 heteroatoms. The molecule has 1 aromatic heterocycles. The van der Waals surface area contributed by atoms with Crippen LogP contribution in [0.25, 0.3) is 0 Å². The minimum absolute atomic E-state index is 0.348. The fourth-order valence-corrected chi connectivity index (χ4v) is 4.93. The topological polar surface area (TPSA) is 112 Å². The van der Waals surface area contributed by atoms with Crippen molar-refractivity contribution in [3.63, 3.8) is 0 Å². The van der Waals surface area contributed by atoms with Crippen molar-refractivity contribution >= 4 is 5.97 Å². The highest BCUT2D eigenvalue weighted by atomic mass is 16.7. The van der Waals surface area contributed by atoms with Gasteiger partial charge in [0.25, 0.3) is 5.56 Å². The first-order valence-corrected chi connectivity index (χ1v) is 11.3. The van der Waals surface area contributed by atoms with E-state index in [0.717, 1.165) is 12.1 Å². The number of likely N-dealkylation sites (N-methyl/N-ethyl adjacent to an activating group) is 1. The van der Waals surface area contributed by atoms with Gasteiger partial charge in [-0.05, 0) is 26.0 Å². The molecular formula is C24H31N3O7. The van der Waals surface area contributed by atoms with Gasteiger partial charge in [0.05, 0.1) is 12.7 Å². The molecule has 1 aromatic carbocycles. The summed E-state index contributed by atoms with van der Waals surface area (Å²) in [5.41, 5.74) is -0.845. The van der Waals surface area contributed by atoms with E-state index in [1.807, 2.05) is 37.4 Å². The number of aromatic amines is 1. The van der Waals surface area contributed by atoms with Crippen LogP contribution in [0.5, 0.6) is 0 Å². The molecule has 0 bridgehead atoms. The minimum atomic E-state index is -1.09. The lowest BCUT2D eigenvalue weighted by Crippen LogP contribution is -2.63. The lowest BCUT2D eigenvalue weighted by atomic mass is 9.83. The van der Waals surface area contributed by atoms with E-state index in [1.54, 1.807) is 6.92 Å². The number of ether oxygens (including phenoxy) is 4. The Hall–Kier alpha value is -2.79. The standard InChI is InChI=1S/C24H31N3O7/c1-15-12-27(23(30)25-21(15)29)22-19(31-4)20(33-16(2)28)24(34-22)14-26(3)11-10-18(24)32-13-17-8-6-5-7-9-17/h5-9,12,18-20,22H,10-11,13-14H2,1-4H3,(H,25,29,30)/t18-,19+,20?,22-,24-/m1/s1. The fraction of sp³-hybridized carbons (Fsp3) is 0.542. The number of nitrogens with zero attached hydrogens (tertiary/aromatic N) is 2. The third-order valence-electron chi connectivity index (χ3n) is 6.52. The maximum atomic E-state index is 12.7. The fourth-order valence-electron chi connectivity index (χ4n) is 4.93. The average Bonchev–Trinajstić information content (AvgIpc) is 3.08. The summed E-state index contributed by atoms with van der Waals surface area (Å²) in [7, 11) is 3.43. The number of piperidine rings is 1. The Morgan fingerprint density at radius 3 is 2.68 bits per heavy atom. The molecule has 0 saturated carbocycles. The molecular weight excluding hydrogens is 442 g/mol. The number of H-pyrrole nitrogens is 1. The van der Waals surface area contributed by atoms with Crippen LogP contribution in [0.2, 0.25) is 0 Å². The van der Waals surface area contributed by atoms with Crippen LogP contribution < -0.4 is 11.2 Å². The van der Waals surface area contributed by atoms with Gasteiger partial charge in [0.1, 0.15) is 11.7 Å². The molecule has 2 aliphatic rings. The van der Waals surface area contributed by atoms with Gasteiger partial charge in [0.2, 0.25) is 0 Å². The predicted molar refractivity (Wildman–Crippen MR) is 122 cm³/mol. The maximum absolute atomic E-state index is 12.7. The molecule has 2 aromatic rings. The molecule has 0 radical (unpaired) electrons. The highest BCUT2D eigenvalue weighted by Gasteiger charge is 2.64. The van der Waals surface area contributed by atoms with Crippen molar-refractivity contribution in [3.8, 4) is 0 Å². The number of benzene rings is 1. The minimum Gasteiger partial charge on any atom is -0.456 e. The Bertz CT molecular complexity index is 1130. The molecule has 34 heavy (non-hydrogen) atoms. The second kappa shape index (κ2) is 9.83. The Balaban J connectivity index is 1.76. The number of carbonyl (C=O) groups is 1. The largest absolute Gasteiger partial charge is 0.456 e. The number of likely N-dealkylation sites (tertiary alicyclic amines) is 1. The normalized spacial score (nSPS) is 29.4. The molecule has 1 N–H and O–H groups in total. The van der Waals surface area contributed by atoms with E-state index in [-0.39, 0.29) is 0 Å². The van der Waals surface area contributed by atoms with Crippen molar-refractivity contribution in [2.45, 2.75) is 57.0 Å². The monoisotopic (exact) mass is 473 g/mol. The van der Waals surface area contributed by atoms with Crippen LogP contribution >= 0.6 is 0 Å². The van der Waals surface area contributed by atoms with Gasteiger partial charge in [-0.25, -0.2) is 4.79 Å². The van der Waals surface area contributed by atoms with Gasteiger partial charge < -0.3 is 23.8 Å². The van der Waals surface area contributed by atoms with Gasteiger partial charge >= 0.3 is 11.7 Å². The van der Waals surface area contributed by atoms with Gasteiger partial charge in [0.15, 0.2) is 12.3 Å². The van der Waals surface area contributed by atoms with Gasteiger partial charge in [-0.15, -0.1) is 0 Å². The van der Waals surface area contributed by atoms with Crippen LogP contribution in [0.15, 0.2) is 46.1 Å². The number of aryl methyl sites for hydroxylation is 1. The molecule has 4 rings (SSSR count). The average molecular weight is 474 g/mol. The quantitative estimate of drug-likeness (QED) is 0.618. The molecule has 184 valence electrons. The van der Waals surface area contributed by atoms with Crippen molar-refractivity contribution in [2.24, 2.45) is 0 Å². The van der Waals surface area contributed by atoms with E-state index >= 15 is 0 Å². The molecule has 2 aliphatic heterocycles. The molecule has 2 fully saturated rings. The van der Waals surface area contributed by atoms with Crippen LogP contribution in [0.3, 0.4) is 0 Å². The second-order valence-electron chi connectivity index (χ2n) is 8.98. The van der Waals surface area contributed by atoms with Crippen molar-refractivity contribution in [3.05, 3.63) is 68.5 Å². The molecule has 0 aliphatic carbocycles. The van der Waals surface area contributed by atoms with Gasteiger partial charge in [-0.1, -0.05) is 30.3 Å². The molecule has 5 atom stereocenters. The smallest absolute Gasteiger partial charge is 0.330 e. The SMILES string of the molecule is CO[C@H]1C(OC(C)=O)[C@]2(CN(C)CC[C@H]2OCc2ccccc2)O[C@H]1n1cc(C)c(=O)[nH]c1=O. The number of rotatable bonds is 6. The van der Waals surface area contributed by atoms with E-state index in [1.165, 1.54) is 24.8 Å². The van der Waals surface area contributed by atoms with Gasteiger partial charge in [0, 0.05) is 38.9 Å². The van der Waals surface area contributed by atoms with Crippen molar-refractivity contribution in [2.75, 3.05) is 27.2 Å². The molecule has 3 heterocycles. The number of hydrogen-bond donors (Lipinski definition) is 1. The third-order valence-corrected chi connectivity index (χ3v) is 6.52. The van der Waals surface area contributed by atoms with Gasteiger partial charge in [-0.3, -0.25) is 19.1 Å². The van der Waals surface area contributed by atoms with E-state index in [2.05, 4.69) is 9.88 Å². The second-order valence-corrected chi connectivity index (χ2v) is 8.98. The first-order valence-electron chi connectivity index (χ1n) is 11.3. The summed E-state index contributed by atoms with van der Waals surface area (Å²) < 4.78 is 25.8. The summed E-state index contributed by atoms with van der Waals surface area (Å²) in [6.45, 7) is 4.45. The predicted octanol–water partition coefficient (Wildman–Crippen LogP) is 0.980.